The van der Waals surface area contributed by atoms with Crippen LogP contribution in [0.15, 0.2) is 64.7 Å². The quantitative estimate of drug-likeness (QED) is 0.475. The third kappa shape index (κ3) is 3.71. The van der Waals surface area contributed by atoms with Crippen molar-refractivity contribution < 1.29 is 4.79 Å². The lowest BCUT2D eigenvalue weighted by Gasteiger charge is -2.14. The van der Waals surface area contributed by atoms with E-state index in [0.717, 1.165) is 16.8 Å². The molecule has 1 atom stereocenters. The number of carbonyl (C=O) groups is 1. The van der Waals surface area contributed by atoms with E-state index in [4.69, 9.17) is 4.98 Å². The third-order valence-electron chi connectivity index (χ3n) is 5.70. The fraction of sp³-hybridized carbons (Fsp3) is 0.250. The molecule has 5 rings (SSSR count). The molecule has 2 aromatic heterocycles. The second-order valence-corrected chi connectivity index (χ2v) is 9.07. The number of nitrogens with zero attached hydrogens (tertiary/aromatic N) is 4. The van der Waals surface area contributed by atoms with Crippen molar-refractivity contribution in [2.75, 3.05) is 5.75 Å². The van der Waals surface area contributed by atoms with E-state index < -0.39 is 0 Å². The summed E-state index contributed by atoms with van der Waals surface area (Å²) in [6.07, 6.45) is 1.82. The molecule has 0 radical (unpaired) electrons. The average Bonchev–Trinajstić information content (AvgIpc) is 3.38. The topological polar surface area (TPSA) is 81.8 Å². The van der Waals surface area contributed by atoms with E-state index >= 15 is 0 Å². The number of fused-ring (bicyclic) bond motifs is 2. The first-order chi connectivity index (χ1) is 15.5. The first kappa shape index (κ1) is 20.5. The monoisotopic (exact) mass is 445 g/mol. The summed E-state index contributed by atoms with van der Waals surface area (Å²) in [5, 5.41) is 8.51. The number of aromatic nitrogens is 4. The van der Waals surface area contributed by atoms with Gasteiger partial charge in [0.05, 0.1) is 17.9 Å². The highest BCUT2D eigenvalue weighted by Gasteiger charge is 2.29. The molecule has 0 saturated heterocycles. The molecule has 1 N–H and O–H groups in total. The van der Waals surface area contributed by atoms with Crippen molar-refractivity contribution in [3.63, 3.8) is 0 Å². The largest absolute Gasteiger partial charge is 0.352 e. The van der Waals surface area contributed by atoms with Crippen molar-refractivity contribution in [2.24, 2.45) is 0 Å². The van der Waals surface area contributed by atoms with Gasteiger partial charge in [-0.05, 0) is 31.0 Å². The number of hydrogen-bond donors (Lipinski definition) is 1. The van der Waals surface area contributed by atoms with E-state index in [9.17, 15) is 9.59 Å². The Bertz CT molecular complexity index is 1380. The highest BCUT2D eigenvalue weighted by molar-refractivity contribution is 7.99. The maximum Gasteiger partial charge on any atom is 0.265 e. The van der Waals surface area contributed by atoms with Gasteiger partial charge < -0.3 is 5.32 Å². The van der Waals surface area contributed by atoms with Gasteiger partial charge in [-0.2, -0.15) is 5.10 Å². The number of rotatable bonds is 5. The molecule has 0 spiro atoms. The van der Waals surface area contributed by atoms with Crippen molar-refractivity contribution in [3.8, 4) is 5.69 Å². The maximum atomic E-state index is 13.3. The smallest absolute Gasteiger partial charge is 0.265 e. The summed E-state index contributed by atoms with van der Waals surface area (Å²) in [7, 11) is 0. The lowest BCUT2D eigenvalue weighted by molar-refractivity contribution is -0.121. The molecule has 3 heterocycles. The molecule has 1 aliphatic heterocycles. The summed E-state index contributed by atoms with van der Waals surface area (Å²) in [6.45, 7) is 4.54. The molecule has 0 saturated carbocycles. The average molecular weight is 446 g/mol. The number of amides is 1. The molecule has 7 nitrogen and oxygen atoms in total. The molecular weight excluding hydrogens is 422 g/mol. The van der Waals surface area contributed by atoms with Crippen molar-refractivity contribution in [1.29, 1.82) is 0 Å². The molecule has 32 heavy (non-hydrogen) atoms. The van der Waals surface area contributed by atoms with Gasteiger partial charge in [0, 0.05) is 18.7 Å². The van der Waals surface area contributed by atoms with Crippen LogP contribution in [0.5, 0.6) is 0 Å². The van der Waals surface area contributed by atoms with Crippen LogP contribution in [0, 0.1) is 13.8 Å². The number of benzene rings is 2. The van der Waals surface area contributed by atoms with E-state index in [-0.39, 0.29) is 23.9 Å². The highest BCUT2D eigenvalue weighted by atomic mass is 32.2. The van der Waals surface area contributed by atoms with Crippen molar-refractivity contribution >= 4 is 28.7 Å². The van der Waals surface area contributed by atoms with Gasteiger partial charge in [0.1, 0.15) is 5.39 Å². The van der Waals surface area contributed by atoms with Gasteiger partial charge in [-0.25, -0.2) is 9.67 Å². The van der Waals surface area contributed by atoms with Crippen LogP contribution in [-0.4, -0.2) is 31.0 Å². The number of thioether (sulfide) groups is 1. The number of hydrogen-bond acceptors (Lipinski definition) is 5. The van der Waals surface area contributed by atoms with E-state index in [1.54, 1.807) is 15.4 Å². The fourth-order valence-electron chi connectivity index (χ4n) is 4.08. The van der Waals surface area contributed by atoms with Crippen molar-refractivity contribution in [2.45, 2.75) is 38.0 Å². The molecule has 2 aromatic carbocycles. The minimum Gasteiger partial charge on any atom is -0.352 e. The van der Waals surface area contributed by atoms with Gasteiger partial charge in [-0.1, -0.05) is 59.8 Å². The van der Waals surface area contributed by atoms with Crippen LogP contribution in [0.25, 0.3) is 16.7 Å². The predicted octanol–water partition coefficient (Wildman–Crippen LogP) is 3.55. The molecular formula is C24H23N5O2S. The normalized spacial score (nSPS) is 15.1. The Morgan fingerprint density at radius 3 is 2.78 bits per heavy atom. The maximum absolute atomic E-state index is 13.3. The highest BCUT2D eigenvalue weighted by Crippen LogP contribution is 2.33. The number of carbonyl (C=O) groups excluding carboxylic acids is 1. The van der Waals surface area contributed by atoms with Crippen LogP contribution < -0.4 is 10.9 Å². The summed E-state index contributed by atoms with van der Waals surface area (Å²) >= 11 is 1.51. The van der Waals surface area contributed by atoms with E-state index in [1.807, 2.05) is 56.3 Å². The Balaban J connectivity index is 1.42. The summed E-state index contributed by atoms with van der Waals surface area (Å²) in [5.74, 6) is 0.565. The Labute approximate surface area is 189 Å². The van der Waals surface area contributed by atoms with Gasteiger partial charge >= 0.3 is 0 Å². The molecule has 1 aliphatic rings. The lowest BCUT2D eigenvalue weighted by atomic mass is 10.1. The molecule has 1 unspecified atom stereocenters. The van der Waals surface area contributed by atoms with Crippen LogP contribution >= 0.6 is 11.8 Å². The molecule has 4 aromatic rings. The van der Waals surface area contributed by atoms with Gasteiger partial charge in [-0.3, -0.25) is 14.2 Å². The molecule has 1 amide bonds. The van der Waals surface area contributed by atoms with Crippen molar-refractivity contribution in [3.05, 3.63) is 81.8 Å². The van der Waals surface area contributed by atoms with Gasteiger partial charge in [-0.15, -0.1) is 0 Å². The van der Waals surface area contributed by atoms with Gasteiger partial charge in [0.15, 0.2) is 10.8 Å². The summed E-state index contributed by atoms with van der Waals surface area (Å²) in [4.78, 5) is 30.6. The predicted molar refractivity (Wildman–Crippen MR) is 125 cm³/mol. The van der Waals surface area contributed by atoms with Crippen LogP contribution in [-0.2, 0) is 11.3 Å². The third-order valence-corrected chi connectivity index (χ3v) is 6.80. The summed E-state index contributed by atoms with van der Waals surface area (Å²) in [6, 6.07) is 15.7. The van der Waals surface area contributed by atoms with Crippen molar-refractivity contribution in [1.82, 2.24) is 24.6 Å². The summed E-state index contributed by atoms with van der Waals surface area (Å²) < 4.78 is 3.38. The minimum atomic E-state index is -0.223. The van der Waals surface area contributed by atoms with Crippen LogP contribution in [0.4, 0.5) is 0 Å². The minimum absolute atomic E-state index is 0.0784. The number of aryl methyl sites for hydroxylation is 2. The summed E-state index contributed by atoms with van der Waals surface area (Å²) in [5.41, 5.74) is 4.59. The lowest BCUT2D eigenvalue weighted by Crippen LogP contribution is -2.30. The van der Waals surface area contributed by atoms with Crippen LogP contribution in [0.1, 0.15) is 29.2 Å². The van der Waals surface area contributed by atoms with E-state index in [2.05, 4.69) is 16.5 Å². The van der Waals surface area contributed by atoms with Gasteiger partial charge in [0.25, 0.3) is 5.56 Å². The molecule has 0 aliphatic carbocycles. The Morgan fingerprint density at radius 1 is 1.19 bits per heavy atom. The van der Waals surface area contributed by atoms with Crippen LogP contribution in [0.3, 0.4) is 0 Å². The SMILES string of the molecule is Cc1ccc(-n2ncc3c(=O)n4c(nc32)SCC4CC(=O)NCc2ccccc2)c(C)c1. The fourth-order valence-corrected chi connectivity index (χ4v) is 5.21. The Morgan fingerprint density at radius 2 is 2.00 bits per heavy atom. The molecule has 0 fully saturated rings. The van der Waals surface area contributed by atoms with Crippen LogP contribution in [0.2, 0.25) is 0 Å². The van der Waals surface area contributed by atoms with E-state index in [0.29, 0.717) is 28.5 Å². The van der Waals surface area contributed by atoms with E-state index in [1.165, 1.54) is 17.3 Å². The molecule has 162 valence electrons. The number of nitrogens with one attached hydrogen (secondary N) is 1. The zero-order valence-corrected chi connectivity index (χ0v) is 18.7. The second-order valence-electron chi connectivity index (χ2n) is 8.08. The molecule has 8 heteroatoms. The Hall–Kier alpha value is -3.39. The standard InChI is InChI=1S/C24H23N5O2S/c1-15-8-9-20(16(2)10-15)29-22-19(13-26-29)23(31)28-18(14-32-24(28)27-22)11-21(30)25-12-17-6-4-3-5-7-17/h3-10,13,18H,11-12,14H2,1-2H3,(H,25,30). The first-order valence-electron chi connectivity index (χ1n) is 10.5. The zero-order chi connectivity index (χ0) is 22.2. The molecule has 0 bridgehead atoms. The first-order valence-corrected chi connectivity index (χ1v) is 11.5. The van der Waals surface area contributed by atoms with Gasteiger partial charge in [0.2, 0.25) is 5.91 Å². The zero-order valence-electron chi connectivity index (χ0n) is 17.9. The second kappa shape index (κ2) is 8.27. The Kier molecular flexibility index (Phi) is 5.30.